The summed E-state index contributed by atoms with van der Waals surface area (Å²) in [5.74, 6) is -0.155. The van der Waals surface area contributed by atoms with E-state index in [0.29, 0.717) is 18.8 Å². The van der Waals surface area contributed by atoms with Crippen molar-refractivity contribution in [1.29, 1.82) is 0 Å². The van der Waals surface area contributed by atoms with Gasteiger partial charge in [-0.15, -0.1) is 0 Å². The minimum absolute atomic E-state index is 0.00836. The molecule has 1 aromatic heterocycles. The van der Waals surface area contributed by atoms with E-state index in [0.717, 1.165) is 12.6 Å². The van der Waals surface area contributed by atoms with Crippen molar-refractivity contribution in [3.63, 3.8) is 0 Å². The molecule has 6 nitrogen and oxygen atoms in total. The number of hydrogen-bond donors (Lipinski definition) is 1. The van der Waals surface area contributed by atoms with Crippen molar-refractivity contribution < 1.29 is 18.7 Å². The molecule has 132 valence electrons. The van der Waals surface area contributed by atoms with Gasteiger partial charge in [0.25, 0.3) is 0 Å². The summed E-state index contributed by atoms with van der Waals surface area (Å²) >= 11 is 0. The number of ether oxygens (including phenoxy) is 1. The third-order valence-electron chi connectivity index (χ3n) is 4.01. The van der Waals surface area contributed by atoms with Gasteiger partial charge in [0, 0.05) is 6.54 Å². The summed E-state index contributed by atoms with van der Waals surface area (Å²) in [5.41, 5.74) is -1.52. The first kappa shape index (κ1) is 18.2. The van der Waals surface area contributed by atoms with Gasteiger partial charge in [0.2, 0.25) is 0 Å². The lowest BCUT2D eigenvalue weighted by molar-refractivity contribution is -0.126. The second kappa shape index (κ2) is 6.75. The highest BCUT2D eigenvalue weighted by Gasteiger charge is 2.46. The Bertz CT molecular complexity index is 613. The van der Waals surface area contributed by atoms with Crippen molar-refractivity contribution in [2.75, 3.05) is 18.4 Å². The number of rotatable bonds is 4. The van der Waals surface area contributed by atoms with Crippen LogP contribution in [0.15, 0.2) is 18.3 Å². The van der Waals surface area contributed by atoms with E-state index < -0.39 is 23.1 Å². The van der Waals surface area contributed by atoms with Gasteiger partial charge < -0.3 is 10.1 Å². The van der Waals surface area contributed by atoms with E-state index in [-0.39, 0.29) is 12.3 Å². The molecule has 0 unspecified atom stereocenters. The van der Waals surface area contributed by atoms with Crippen molar-refractivity contribution in [2.24, 2.45) is 0 Å². The molecule has 0 saturated carbocycles. The minimum Gasteiger partial charge on any atom is -0.444 e. The Morgan fingerprint density at radius 3 is 2.71 bits per heavy atom. The summed E-state index contributed by atoms with van der Waals surface area (Å²) in [5, 5.41) is 2.88. The molecule has 1 amide bonds. The van der Waals surface area contributed by atoms with Crippen LogP contribution in [-0.4, -0.2) is 46.0 Å². The first-order valence-corrected chi connectivity index (χ1v) is 8.01. The molecule has 1 aromatic rings. The van der Waals surface area contributed by atoms with E-state index >= 15 is 0 Å². The van der Waals surface area contributed by atoms with Gasteiger partial charge in [-0.3, -0.25) is 9.69 Å². The summed E-state index contributed by atoms with van der Waals surface area (Å²) < 4.78 is 18.3. The Hall–Kier alpha value is -2.18. The SMILES string of the molecule is CC(C)(C)OC(=O)N1CCC[C@@]1(C)C(=O)CNc1ccc(F)cn1. The zero-order valence-corrected chi connectivity index (χ0v) is 14.6. The van der Waals surface area contributed by atoms with Crippen molar-refractivity contribution >= 4 is 17.7 Å². The second-order valence-corrected chi connectivity index (χ2v) is 7.15. The van der Waals surface area contributed by atoms with Crippen LogP contribution >= 0.6 is 0 Å². The fourth-order valence-electron chi connectivity index (χ4n) is 2.70. The van der Waals surface area contributed by atoms with Crippen molar-refractivity contribution in [3.05, 3.63) is 24.1 Å². The fraction of sp³-hybridized carbons (Fsp3) is 0.588. The molecular weight excluding hydrogens is 313 g/mol. The smallest absolute Gasteiger partial charge is 0.411 e. The molecule has 1 aliphatic rings. The van der Waals surface area contributed by atoms with Crippen LogP contribution in [0, 0.1) is 5.82 Å². The number of pyridine rings is 1. The highest BCUT2D eigenvalue weighted by atomic mass is 19.1. The number of carbonyl (C=O) groups is 2. The minimum atomic E-state index is -0.907. The Morgan fingerprint density at radius 2 is 2.12 bits per heavy atom. The molecule has 0 spiro atoms. The lowest BCUT2D eigenvalue weighted by Gasteiger charge is -2.35. The summed E-state index contributed by atoms with van der Waals surface area (Å²) in [6, 6.07) is 2.73. The molecule has 1 aliphatic heterocycles. The monoisotopic (exact) mass is 337 g/mol. The Morgan fingerprint density at radius 1 is 1.42 bits per heavy atom. The van der Waals surface area contributed by atoms with Gasteiger partial charge in [-0.25, -0.2) is 14.2 Å². The third-order valence-corrected chi connectivity index (χ3v) is 4.01. The number of nitrogens with one attached hydrogen (secondary N) is 1. The van der Waals surface area contributed by atoms with Gasteiger partial charge >= 0.3 is 6.09 Å². The molecule has 1 saturated heterocycles. The van der Waals surface area contributed by atoms with Gasteiger partial charge in [-0.05, 0) is 52.7 Å². The van der Waals surface area contributed by atoms with Crippen LogP contribution in [0.2, 0.25) is 0 Å². The van der Waals surface area contributed by atoms with Crippen LogP contribution in [-0.2, 0) is 9.53 Å². The van der Waals surface area contributed by atoms with Gasteiger partial charge in [0.05, 0.1) is 12.7 Å². The molecule has 0 aromatic carbocycles. The van der Waals surface area contributed by atoms with E-state index in [2.05, 4.69) is 10.3 Å². The number of nitrogens with zero attached hydrogens (tertiary/aromatic N) is 2. The van der Waals surface area contributed by atoms with E-state index in [1.54, 1.807) is 27.7 Å². The molecule has 0 aliphatic carbocycles. The summed E-state index contributed by atoms with van der Waals surface area (Å²) in [6.07, 6.45) is 1.94. The van der Waals surface area contributed by atoms with E-state index in [1.807, 2.05) is 0 Å². The highest BCUT2D eigenvalue weighted by molar-refractivity contribution is 5.94. The molecular formula is C17H24FN3O3. The van der Waals surface area contributed by atoms with Crippen molar-refractivity contribution in [3.8, 4) is 0 Å². The number of ketones is 1. The number of amides is 1. The van der Waals surface area contributed by atoms with Crippen LogP contribution in [0.4, 0.5) is 15.0 Å². The summed E-state index contributed by atoms with van der Waals surface area (Å²) in [7, 11) is 0. The van der Waals surface area contributed by atoms with Gasteiger partial charge in [-0.2, -0.15) is 0 Å². The van der Waals surface area contributed by atoms with E-state index in [9.17, 15) is 14.0 Å². The summed E-state index contributed by atoms with van der Waals surface area (Å²) in [6.45, 7) is 7.64. The van der Waals surface area contributed by atoms with Gasteiger partial charge in [-0.1, -0.05) is 0 Å². The molecule has 0 bridgehead atoms. The van der Waals surface area contributed by atoms with Crippen molar-refractivity contribution in [2.45, 2.75) is 51.7 Å². The lowest BCUT2D eigenvalue weighted by Crippen LogP contribution is -2.53. The molecule has 1 fully saturated rings. The molecule has 1 atom stereocenters. The predicted molar refractivity (Wildman–Crippen MR) is 88.3 cm³/mol. The number of Topliss-reactive ketones (excluding diaryl/α,β-unsaturated/α-hetero) is 1. The normalized spacial score (nSPS) is 20.8. The Balaban J connectivity index is 2.02. The fourth-order valence-corrected chi connectivity index (χ4v) is 2.70. The maximum absolute atomic E-state index is 12.9. The summed E-state index contributed by atoms with van der Waals surface area (Å²) in [4.78, 5) is 30.4. The van der Waals surface area contributed by atoms with Gasteiger partial charge in [0.15, 0.2) is 5.78 Å². The van der Waals surface area contributed by atoms with Crippen molar-refractivity contribution in [1.82, 2.24) is 9.88 Å². The van der Waals surface area contributed by atoms with E-state index in [1.165, 1.54) is 17.0 Å². The predicted octanol–water partition coefficient (Wildman–Crippen LogP) is 2.99. The first-order valence-electron chi connectivity index (χ1n) is 8.01. The maximum atomic E-state index is 12.9. The molecule has 2 heterocycles. The standard InChI is InChI=1S/C17H24FN3O3/c1-16(2,3)24-15(23)21-9-5-8-17(21,4)13(22)11-20-14-7-6-12(18)10-19-14/h6-7,10H,5,8-9,11H2,1-4H3,(H,19,20)/t17-/m0/s1. The Labute approximate surface area is 141 Å². The third kappa shape index (κ3) is 4.21. The number of carbonyl (C=O) groups excluding carboxylic acids is 2. The van der Waals surface area contributed by atoms with Crippen LogP contribution < -0.4 is 5.32 Å². The number of anilines is 1. The molecule has 24 heavy (non-hydrogen) atoms. The zero-order valence-electron chi connectivity index (χ0n) is 14.6. The average molecular weight is 337 g/mol. The molecule has 1 N–H and O–H groups in total. The molecule has 0 radical (unpaired) electrons. The lowest BCUT2D eigenvalue weighted by atomic mass is 9.93. The zero-order chi connectivity index (χ0) is 18.0. The van der Waals surface area contributed by atoms with E-state index in [4.69, 9.17) is 4.74 Å². The highest BCUT2D eigenvalue weighted by Crippen LogP contribution is 2.31. The quantitative estimate of drug-likeness (QED) is 0.914. The number of hydrogen-bond acceptors (Lipinski definition) is 5. The second-order valence-electron chi connectivity index (χ2n) is 7.15. The molecule has 7 heteroatoms. The molecule has 2 rings (SSSR count). The maximum Gasteiger partial charge on any atom is 0.411 e. The largest absolute Gasteiger partial charge is 0.444 e. The number of aromatic nitrogens is 1. The first-order chi connectivity index (χ1) is 11.1. The number of likely N-dealkylation sites (tertiary alicyclic amines) is 1. The van der Waals surface area contributed by atoms with Crippen LogP contribution in [0.5, 0.6) is 0 Å². The van der Waals surface area contributed by atoms with Crippen LogP contribution in [0.1, 0.15) is 40.5 Å². The average Bonchev–Trinajstić information content (AvgIpc) is 2.88. The topological polar surface area (TPSA) is 71.5 Å². The van der Waals surface area contributed by atoms with Gasteiger partial charge in [0.1, 0.15) is 22.8 Å². The van der Waals surface area contributed by atoms with Crippen LogP contribution in [0.25, 0.3) is 0 Å². The van der Waals surface area contributed by atoms with Crippen LogP contribution in [0.3, 0.4) is 0 Å². The Kier molecular flexibility index (Phi) is 5.11. The number of halogens is 1.